The minimum absolute atomic E-state index is 0.470. The molecular formula is C17H19N3O. The van der Waals surface area contributed by atoms with Gasteiger partial charge in [-0.15, -0.1) is 0 Å². The highest BCUT2D eigenvalue weighted by Crippen LogP contribution is 2.23. The van der Waals surface area contributed by atoms with Crippen LogP contribution in [-0.4, -0.2) is 16.2 Å². The Morgan fingerprint density at radius 1 is 1.19 bits per heavy atom. The number of ether oxygens (including phenoxy) is 1. The molecule has 0 bridgehead atoms. The first-order valence-electron chi connectivity index (χ1n) is 7.15. The lowest BCUT2D eigenvalue weighted by molar-refractivity contribution is 0.340. The van der Waals surface area contributed by atoms with Crippen molar-refractivity contribution in [3.05, 3.63) is 60.0 Å². The first-order chi connectivity index (χ1) is 10.3. The van der Waals surface area contributed by atoms with Crippen molar-refractivity contribution < 1.29 is 4.74 Å². The Labute approximate surface area is 124 Å². The second-order valence-corrected chi connectivity index (χ2v) is 4.96. The predicted octanol–water partition coefficient (Wildman–Crippen LogP) is 2.94. The summed E-state index contributed by atoms with van der Waals surface area (Å²) >= 11 is 0. The number of benzene rings is 1. The molecule has 0 radical (unpaired) electrons. The van der Waals surface area contributed by atoms with E-state index in [4.69, 9.17) is 10.5 Å². The number of aromatic nitrogens is 2. The molecule has 0 atom stereocenters. The summed E-state index contributed by atoms with van der Waals surface area (Å²) in [5.41, 5.74) is 8.97. The third-order valence-corrected chi connectivity index (χ3v) is 3.50. The largest absolute Gasteiger partial charge is 0.494 e. The van der Waals surface area contributed by atoms with Gasteiger partial charge in [-0.25, -0.2) is 0 Å². The van der Waals surface area contributed by atoms with E-state index >= 15 is 0 Å². The zero-order valence-corrected chi connectivity index (χ0v) is 12.1. The van der Waals surface area contributed by atoms with E-state index in [1.54, 1.807) is 0 Å². The Morgan fingerprint density at radius 2 is 2.10 bits per heavy atom. The Balaban J connectivity index is 1.90. The van der Waals surface area contributed by atoms with Gasteiger partial charge in [0.2, 0.25) is 0 Å². The molecule has 3 aromatic rings. The van der Waals surface area contributed by atoms with Crippen LogP contribution in [-0.2, 0) is 13.1 Å². The average molecular weight is 281 g/mol. The van der Waals surface area contributed by atoms with Gasteiger partial charge in [0.15, 0.2) is 0 Å². The lowest BCUT2D eigenvalue weighted by atomic mass is 10.2. The van der Waals surface area contributed by atoms with E-state index in [1.807, 2.05) is 25.3 Å². The van der Waals surface area contributed by atoms with Gasteiger partial charge in [-0.1, -0.05) is 0 Å². The summed E-state index contributed by atoms with van der Waals surface area (Å²) in [7, 11) is 0. The number of rotatable bonds is 5. The lowest BCUT2D eigenvalue weighted by Crippen LogP contribution is -2.03. The molecule has 2 heterocycles. The van der Waals surface area contributed by atoms with Crippen molar-refractivity contribution in [3.63, 3.8) is 0 Å². The highest BCUT2D eigenvalue weighted by molar-refractivity contribution is 5.81. The molecule has 1 aromatic carbocycles. The third-order valence-electron chi connectivity index (χ3n) is 3.50. The van der Waals surface area contributed by atoms with Crippen molar-refractivity contribution in [1.29, 1.82) is 0 Å². The van der Waals surface area contributed by atoms with Crippen molar-refractivity contribution in [2.75, 3.05) is 6.61 Å². The molecule has 0 aliphatic carbocycles. The van der Waals surface area contributed by atoms with Gasteiger partial charge >= 0.3 is 0 Å². The van der Waals surface area contributed by atoms with E-state index < -0.39 is 0 Å². The van der Waals surface area contributed by atoms with Gasteiger partial charge in [0, 0.05) is 36.4 Å². The maximum Gasteiger partial charge on any atom is 0.120 e. The van der Waals surface area contributed by atoms with Gasteiger partial charge in [-0.05, 0) is 48.9 Å². The molecule has 4 heteroatoms. The van der Waals surface area contributed by atoms with E-state index in [2.05, 4.69) is 40.0 Å². The number of hydrogen-bond donors (Lipinski definition) is 1. The molecule has 0 saturated carbocycles. The lowest BCUT2D eigenvalue weighted by Gasteiger charge is -2.08. The molecule has 0 aliphatic rings. The zero-order valence-electron chi connectivity index (χ0n) is 12.1. The molecule has 108 valence electrons. The summed E-state index contributed by atoms with van der Waals surface area (Å²) in [6.07, 6.45) is 3.92. The first-order valence-corrected chi connectivity index (χ1v) is 7.15. The van der Waals surface area contributed by atoms with Crippen LogP contribution in [0.2, 0.25) is 0 Å². The van der Waals surface area contributed by atoms with E-state index in [9.17, 15) is 0 Å². The fourth-order valence-electron chi connectivity index (χ4n) is 2.51. The fraction of sp³-hybridized carbons (Fsp3) is 0.235. The minimum atomic E-state index is 0.470. The Hall–Kier alpha value is -2.33. The van der Waals surface area contributed by atoms with Crippen LogP contribution < -0.4 is 10.5 Å². The van der Waals surface area contributed by atoms with Crippen LogP contribution in [0.25, 0.3) is 10.9 Å². The first kappa shape index (κ1) is 13.6. The maximum atomic E-state index is 5.64. The van der Waals surface area contributed by atoms with Gasteiger partial charge in [0.1, 0.15) is 5.75 Å². The van der Waals surface area contributed by atoms with Crippen molar-refractivity contribution in [1.82, 2.24) is 9.55 Å². The highest BCUT2D eigenvalue weighted by atomic mass is 16.5. The maximum absolute atomic E-state index is 5.64. The average Bonchev–Trinajstić information content (AvgIpc) is 2.90. The molecule has 0 saturated heterocycles. The molecule has 4 nitrogen and oxygen atoms in total. The van der Waals surface area contributed by atoms with Crippen molar-refractivity contribution in [3.8, 4) is 5.75 Å². The number of fused-ring (bicyclic) bond motifs is 1. The SMILES string of the molecule is CCOc1ccc2c(ccn2Cc2ccnc(CN)c2)c1. The van der Waals surface area contributed by atoms with Crippen LogP contribution >= 0.6 is 0 Å². The second-order valence-electron chi connectivity index (χ2n) is 4.96. The summed E-state index contributed by atoms with van der Waals surface area (Å²) in [6.45, 7) is 3.96. The second kappa shape index (κ2) is 5.97. The van der Waals surface area contributed by atoms with E-state index in [-0.39, 0.29) is 0 Å². The molecule has 0 unspecified atom stereocenters. The summed E-state index contributed by atoms with van der Waals surface area (Å²) in [5.74, 6) is 0.914. The van der Waals surface area contributed by atoms with Crippen molar-refractivity contribution in [2.24, 2.45) is 5.73 Å². The Morgan fingerprint density at radius 3 is 2.90 bits per heavy atom. The van der Waals surface area contributed by atoms with Gasteiger partial charge in [0.25, 0.3) is 0 Å². The molecule has 0 aliphatic heterocycles. The normalized spacial score (nSPS) is 11.0. The van der Waals surface area contributed by atoms with Gasteiger partial charge in [-0.2, -0.15) is 0 Å². The number of hydrogen-bond acceptors (Lipinski definition) is 3. The Kier molecular flexibility index (Phi) is 3.88. The summed E-state index contributed by atoms with van der Waals surface area (Å²) in [4.78, 5) is 4.23. The summed E-state index contributed by atoms with van der Waals surface area (Å²) in [6, 6.07) is 12.4. The molecular weight excluding hydrogens is 262 g/mol. The molecule has 21 heavy (non-hydrogen) atoms. The van der Waals surface area contributed by atoms with Crippen LogP contribution in [0.3, 0.4) is 0 Å². The topological polar surface area (TPSA) is 53.1 Å². The zero-order chi connectivity index (χ0) is 14.7. The van der Waals surface area contributed by atoms with Crippen molar-refractivity contribution in [2.45, 2.75) is 20.0 Å². The van der Waals surface area contributed by atoms with Crippen LogP contribution in [0, 0.1) is 0 Å². The molecule has 0 amide bonds. The molecule has 0 fully saturated rings. The minimum Gasteiger partial charge on any atom is -0.494 e. The molecule has 0 spiro atoms. The predicted molar refractivity (Wildman–Crippen MR) is 84.3 cm³/mol. The molecule has 2 N–H and O–H groups in total. The highest BCUT2D eigenvalue weighted by Gasteiger charge is 2.04. The molecule has 3 rings (SSSR count). The molecule has 2 aromatic heterocycles. The fourth-order valence-corrected chi connectivity index (χ4v) is 2.51. The monoisotopic (exact) mass is 281 g/mol. The van der Waals surface area contributed by atoms with Gasteiger partial charge in [-0.3, -0.25) is 4.98 Å². The number of nitrogens with two attached hydrogens (primary N) is 1. The van der Waals surface area contributed by atoms with E-state index in [1.165, 1.54) is 16.5 Å². The number of nitrogens with zero attached hydrogens (tertiary/aromatic N) is 2. The van der Waals surface area contributed by atoms with E-state index in [0.717, 1.165) is 18.0 Å². The van der Waals surface area contributed by atoms with Crippen LogP contribution in [0.1, 0.15) is 18.2 Å². The van der Waals surface area contributed by atoms with E-state index in [0.29, 0.717) is 13.2 Å². The van der Waals surface area contributed by atoms with Crippen LogP contribution in [0.5, 0.6) is 5.75 Å². The number of pyridine rings is 1. The van der Waals surface area contributed by atoms with Crippen LogP contribution in [0.4, 0.5) is 0 Å². The quantitative estimate of drug-likeness (QED) is 0.782. The summed E-state index contributed by atoms with van der Waals surface area (Å²) in [5, 5.41) is 1.19. The standard InChI is InChI=1S/C17H19N3O/c1-2-21-16-3-4-17-14(10-16)6-8-20(17)12-13-5-7-19-15(9-13)11-18/h3-10H,2,11-12,18H2,1H3. The van der Waals surface area contributed by atoms with Gasteiger partial charge < -0.3 is 15.0 Å². The van der Waals surface area contributed by atoms with Gasteiger partial charge in [0.05, 0.1) is 12.3 Å². The third kappa shape index (κ3) is 2.90. The smallest absolute Gasteiger partial charge is 0.120 e. The Bertz CT molecular complexity index is 749. The summed E-state index contributed by atoms with van der Waals surface area (Å²) < 4.78 is 7.76. The van der Waals surface area contributed by atoms with Crippen molar-refractivity contribution >= 4 is 10.9 Å². The van der Waals surface area contributed by atoms with Crippen LogP contribution in [0.15, 0.2) is 48.8 Å².